The molecule has 9 nitrogen and oxygen atoms in total. The summed E-state index contributed by atoms with van der Waals surface area (Å²) in [6.45, 7) is 7.33. The van der Waals surface area contributed by atoms with E-state index in [1.165, 1.54) is 24.8 Å². The molecule has 1 N–H and O–H groups in total. The van der Waals surface area contributed by atoms with Gasteiger partial charge in [0.05, 0.1) is 18.8 Å². The van der Waals surface area contributed by atoms with E-state index in [0.29, 0.717) is 60.3 Å². The average Bonchev–Trinajstić information content (AvgIpc) is 3.09. The molecule has 3 fully saturated rings. The summed E-state index contributed by atoms with van der Waals surface area (Å²) in [5.41, 5.74) is 4.14. The summed E-state index contributed by atoms with van der Waals surface area (Å²) in [4.78, 5) is 30.6. The predicted octanol–water partition coefficient (Wildman–Crippen LogP) is 5.64. The normalized spacial score (nSPS) is 20.5. The highest BCUT2D eigenvalue weighted by atomic mass is 19.1. The van der Waals surface area contributed by atoms with Crippen molar-refractivity contribution in [2.24, 2.45) is 0 Å². The Morgan fingerprint density at radius 1 is 0.872 bits per heavy atom. The van der Waals surface area contributed by atoms with E-state index in [1.54, 1.807) is 29.0 Å². The predicted molar refractivity (Wildman–Crippen MR) is 185 cm³/mol. The van der Waals surface area contributed by atoms with Crippen molar-refractivity contribution < 1.29 is 9.13 Å². The number of rotatable bonds is 8. The molecule has 47 heavy (non-hydrogen) atoms. The van der Waals surface area contributed by atoms with Crippen molar-refractivity contribution in [3.63, 3.8) is 0 Å². The van der Waals surface area contributed by atoms with E-state index in [9.17, 15) is 4.79 Å². The summed E-state index contributed by atoms with van der Waals surface area (Å²) in [5.74, 6) is 0.631. The van der Waals surface area contributed by atoms with Gasteiger partial charge in [0.25, 0.3) is 5.56 Å². The van der Waals surface area contributed by atoms with Gasteiger partial charge in [0.2, 0.25) is 5.95 Å². The third-order valence-corrected chi connectivity index (χ3v) is 10.4. The van der Waals surface area contributed by atoms with Crippen LogP contribution in [0.5, 0.6) is 0 Å². The number of benzene rings is 2. The lowest BCUT2D eigenvalue weighted by molar-refractivity contribution is 0.0364. The van der Waals surface area contributed by atoms with Gasteiger partial charge in [-0.1, -0.05) is 30.7 Å². The van der Waals surface area contributed by atoms with Crippen LogP contribution in [0.4, 0.5) is 16.0 Å². The number of fused-ring (bicyclic) bond motifs is 1. The number of hydrogen-bond acceptors (Lipinski definition) is 8. The second-order valence-corrected chi connectivity index (χ2v) is 13.5. The molecule has 248 valence electrons. The van der Waals surface area contributed by atoms with E-state index in [4.69, 9.17) is 9.72 Å². The maximum absolute atomic E-state index is 15.8. The zero-order valence-electron chi connectivity index (χ0n) is 27.6. The Bertz CT molecular complexity index is 1750. The fourth-order valence-electron chi connectivity index (χ4n) is 7.45. The number of nitrogens with one attached hydrogen (secondary N) is 1. The van der Waals surface area contributed by atoms with Crippen molar-refractivity contribution in [2.75, 3.05) is 71.9 Å². The standard InChI is InChI=1S/C37H46FN7O2/c1-42-15-12-27(13-16-42)26-6-9-30(10-7-26)40-37-39-25-29-23-32(31-11-8-28(24-33(31)38)34-5-3-4-14-43(34)2)36(46)45(35(29)41-37)18-17-44-19-21-47-22-20-44/h6-11,23-25,27,34H,3-5,12-22H2,1-2H3,(H,39,40,41). The molecular formula is C37H46FN7O2. The average molecular weight is 640 g/mol. The van der Waals surface area contributed by atoms with Crippen molar-refractivity contribution in [3.05, 3.63) is 82.0 Å². The number of ether oxygens (including phenoxy) is 1. The first kappa shape index (κ1) is 31.9. The zero-order valence-corrected chi connectivity index (χ0v) is 27.6. The topological polar surface area (TPSA) is 78.8 Å². The molecule has 0 amide bonds. The van der Waals surface area contributed by atoms with Crippen LogP contribution in [0.25, 0.3) is 22.2 Å². The molecule has 3 aliphatic rings. The van der Waals surface area contributed by atoms with Gasteiger partial charge in [0.1, 0.15) is 11.5 Å². The highest BCUT2D eigenvalue weighted by Crippen LogP contribution is 2.33. The first-order valence-corrected chi connectivity index (χ1v) is 17.2. The van der Waals surface area contributed by atoms with Gasteiger partial charge in [-0.3, -0.25) is 19.2 Å². The van der Waals surface area contributed by atoms with Crippen LogP contribution in [-0.2, 0) is 11.3 Å². The van der Waals surface area contributed by atoms with Gasteiger partial charge < -0.3 is 15.0 Å². The van der Waals surface area contributed by atoms with E-state index < -0.39 is 0 Å². The minimum Gasteiger partial charge on any atom is -0.379 e. The number of hydrogen-bond donors (Lipinski definition) is 1. The van der Waals surface area contributed by atoms with Crippen LogP contribution in [0.2, 0.25) is 0 Å². The molecule has 2 aromatic heterocycles. The van der Waals surface area contributed by atoms with Gasteiger partial charge in [-0.2, -0.15) is 4.98 Å². The lowest BCUT2D eigenvalue weighted by Gasteiger charge is -2.32. The highest BCUT2D eigenvalue weighted by Gasteiger charge is 2.24. The minimum absolute atomic E-state index is 0.193. The van der Waals surface area contributed by atoms with Crippen molar-refractivity contribution in [3.8, 4) is 11.1 Å². The van der Waals surface area contributed by atoms with Gasteiger partial charge >= 0.3 is 0 Å². The van der Waals surface area contributed by atoms with Gasteiger partial charge in [0.15, 0.2) is 0 Å². The maximum Gasteiger partial charge on any atom is 0.260 e. The Morgan fingerprint density at radius 2 is 1.64 bits per heavy atom. The van der Waals surface area contributed by atoms with E-state index in [1.807, 2.05) is 6.07 Å². The Kier molecular flexibility index (Phi) is 9.63. The molecule has 2 aromatic carbocycles. The Balaban J connectivity index is 1.19. The summed E-state index contributed by atoms with van der Waals surface area (Å²) in [6, 6.07) is 15.8. The molecule has 0 aliphatic carbocycles. The van der Waals surface area contributed by atoms with Crippen LogP contribution in [-0.4, -0.2) is 95.8 Å². The molecule has 0 radical (unpaired) electrons. The van der Waals surface area contributed by atoms with Crippen molar-refractivity contribution >= 4 is 22.7 Å². The molecule has 0 saturated carbocycles. The molecule has 7 rings (SSSR count). The first-order valence-electron chi connectivity index (χ1n) is 17.2. The molecule has 4 aromatic rings. The first-order chi connectivity index (χ1) is 22.9. The SMILES string of the molecule is CN1CCC(c2ccc(Nc3ncc4cc(-c5ccc(C6CCCCN6C)cc5F)c(=O)n(CCN5CCOCC5)c4n3)cc2)CC1. The molecule has 5 heterocycles. The number of halogens is 1. The quantitative estimate of drug-likeness (QED) is 0.266. The lowest BCUT2D eigenvalue weighted by Crippen LogP contribution is -2.39. The van der Waals surface area contributed by atoms with Crippen LogP contribution < -0.4 is 10.9 Å². The summed E-state index contributed by atoms with van der Waals surface area (Å²) in [6.07, 6.45) is 7.39. The maximum atomic E-state index is 15.8. The molecule has 3 saturated heterocycles. The monoisotopic (exact) mass is 639 g/mol. The summed E-state index contributed by atoms with van der Waals surface area (Å²) >= 11 is 0. The van der Waals surface area contributed by atoms with Crippen LogP contribution >= 0.6 is 0 Å². The second kappa shape index (κ2) is 14.2. The Morgan fingerprint density at radius 3 is 2.38 bits per heavy atom. The van der Waals surface area contributed by atoms with E-state index in [-0.39, 0.29) is 17.4 Å². The van der Waals surface area contributed by atoms with E-state index in [0.717, 1.165) is 56.8 Å². The molecule has 10 heteroatoms. The molecule has 1 atom stereocenters. The largest absolute Gasteiger partial charge is 0.379 e. The number of pyridine rings is 1. The van der Waals surface area contributed by atoms with Crippen molar-refractivity contribution in [1.82, 2.24) is 29.2 Å². The molecule has 3 aliphatic heterocycles. The summed E-state index contributed by atoms with van der Waals surface area (Å²) in [7, 11) is 4.28. The minimum atomic E-state index is -0.374. The van der Waals surface area contributed by atoms with Gasteiger partial charge in [-0.25, -0.2) is 9.37 Å². The number of nitrogens with zero attached hydrogens (tertiary/aromatic N) is 6. The number of likely N-dealkylation sites (tertiary alicyclic amines) is 2. The summed E-state index contributed by atoms with van der Waals surface area (Å²) in [5, 5.41) is 4.04. The van der Waals surface area contributed by atoms with E-state index in [2.05, 4.69) is 63.4 Å². The van der Waals surface area contributed by atoms with Crippen molar-refractivity contribution in [2.45, 2.75) is 50.6 Å². The van der Waals surface area contributed by atoms with Crippen LogP contribution in [0, 0.1) is 5.82 Å². The molecule has 0 bridgehead atoms. The highest BCUT2D eigenvalue weighted by molar-refractivity contribution is 5.82. The fraction of sp³-hybridized carbons (Fsp3) is 0.486. The zero-order chi connectivity index (χ0) is 32.3. The lowest BCUT2D eigenvalue weighted by atomic mass is 9.89. The number of morpholine rings is 1. The van der Waals surface area contributed by atoms with Gasteiger partial charge in [0, 0.05) is 55.1 Å². The molecular weight excluding hydrogens is 593 g/mol. The van der Waals surface area contributed by atoms with Crippen molar-refractivity contribution in [1.29, 1.82) is 0 Å². The Labute approximate surface area is 276 Å². The second-order valence-electron chi connectivity index (χ2n) is 13.5. The number of anilines is 2. The summed E-state index contributed by atoms with van der Waals surface area (Å²) < 4.78 is 23.1. The van der Waals surface area contributed by atoms with Crippen LogP contribution in [0.3, 0.4) is 0 Å². The third kappa shape index (κ3) is 7.11. The van der Waals surface area contributed by atoms with Crippen LogP contribution in [0.1, 0.15) is 55.2 Å². The molecule has 1 unspecified atom stereocenters. The van der Waals surface area contributed by atoms with Gasteiger partial charge in [-0.05, 0) is 101 Å². The van der Waals surface area contributed by atoms with E-state index >= 15 is 4.39 Å². The number of aromatic nitrogens is 3. The molecule has 0 spiro atoms. The fourth-order valence-corrected chi connectivity index (χ4v) is 7.45. The third-order valence-electron chi connectivity index (χ3n) is 10.4. The van der Waals surface area contributed by atoms with Crippen LogP contribution in [0.15, 0.2) is 59.5 Å². The Hall–Kier alpha value is -3.70. The van der Waals surface area contributed by atoms with Gasteiger partial charge in [-0.15, -0.1) is 0 Å². The smallest absolute Gasteiger partial charge is 0.260 e. The number of piperidine rings is 2.